The molecule has 14 heavy (non-hydrogen) atoms. The van der Waals surface area contributed by atoms with Crippen molar-refractivity contribution < 1.29 is 9.53 Å². The van der Waals surface area contributed by atoms with Crippen LogP contribution in [0.15, 0.2) is 6.07 Å². The second-order valence-electron chi connectivity index (χ2n) is 3.27. The second-order valence-corrected chi connectivity index (χ2v) is 3.27. The first-order chi connectivity index (χ1) is 6.74. The minimum absolute atomic E-state index is 0.417. The summed E-state index contributed by atoms with van der Waals surface area (Å²) in [6, 6.07) is 1.76. The maximum atomic E-state index is 11.1. The van der Waals surface area contributed by atoms with Crippen LogP contribution in [0.2, 0.25) is 0 Å². The van der Waals surface area contributed by atoms with Crippen molar-refractivity contribution in [2.24, 2.45) is 11.5 Å². The summed E-state index contributed by atoms with van der Waals surface area (Å²) in [5.74, 6) is -0.418. The molecule has 0 bridgehead atoms. The smallest absolute Gasteiger partial charge is 0.250 e. The van der Waals surface area contributed by atoms with Crippen LogP contribution in [-0.4, -0.2) is 17.1 Å². The summed E-state index contributed by atoms with van der Waals surface area (Å²) < 4.78 is 7.29. The van der Waals surface area contributed by atoms with Crippen LogP contribution in [0.1, 0.15) is 21.7 Å². The number of hydrogen-bond donors (Lipinski definition) is 2. The maximum Gasteiger partial charge on any atom is 0.250 e. The van der Waals surface area contributed by atoms with E-state index in [1.807, 2.05) is 4.57 Å². The number of aromatic nitrogens is 1. The normalized spacial score (nSPS) is 15.2. The fourth-order valence-electron chi connectivity index (χ4n) is 1.79. The quantitative estimate of drug-likeness (QED) is 0.672. The van der Waals surface area contributed by atoms with Gasteiger partial charge in [0.05, 0.1) is 24.5 Å². The summed E-state index contributed by atoms with van der Waals surface area (Å²) in [6.07, 6.45) is 0. The van der Waals surface area contributed by atoms with Gasteiger partial charge in [0.25, 0.3) is 5.91 Å². The second kappa shape index (κ2) is 3.43. The highest BCUT2D eigenvalue weighted by Gasteiger charge is 2.20. The molecule has 4 N–H and O–H groups in total. The van der Waals surface area contributed by atoms with Crippen LogP contribution in [0.4, 0.5) is 0 Å². The van der Waals surface area contributed by atoms with Gasteiger partial charge in [-0.05, 0) is 6.07 Å². The van der Waals surface area contributed by atoms with Gasteiger partial charge in [-0.1, -0.05) is 0 Å². The Hall–Kier alpha value is -1.33. The van der Waals surface area contributed by atoms with Crippen LogP contribution in [0, 0.1) is 0 Å². The van der Waals surface area contributed by atoms with Crippen molar-refractivity contribution in [1.82, 2.24) is 4.57 Å². The molecule has 5 heteroatoms. The Balaban J connectivity index is 2.52. The number of nitrogens with two attached hydrogens (primary N) is 2. The van der Waals surface area contributed by atoms with E-state index in [4.69, 9.17) is 16.2 Å². The molecule has 0 radical (unpaired) electrons. The van der Waals surface area contributed by atoms with Crippen molar-refractivity contribution >= 4 is 5.91 Å². The minimum Gasteiger partial charge on any atom is -0.373 e. The molecule has 2 rings (SSSR count). The largest absolute Gasteiger partial charge is 0.373 e. The molecular formula is C9H13N3O2. The number of ether oxygens (including phenoxy) is 1. The number of carbonyl (C=O) groups excluding carboxylic acids is 1. The van der Waals surface area contributed by atoms with Crippen molar-refractivity contribution in [3.8, 4) is 0 Å². The fraction of sp³-hybridized carbons (Fsp3) is 0.444. The number of primary amides is 1. The lowest BCUT2D eigenvalue weighted by molar-refractivity contribution is 0.0814. The first-order valence-corrected chi connectivity index (χ1v) is 4.53. The van der Waals surface area contributed by atoms with E-state index in [1.165, 1.54) is 0 Å². The molecule has 2 heterocycles. The number of amides is 1. The van der Waals surface area contributed by atoms with Crippen molar-refractivity contribution in [2.75, 3.05) is 6.61 Å². The molecular weight excluding hydrogens is 182 g/mol. The van der Waals surface area contributed by atoms with E-state index in [9.17, 15) is 4.79 Å². The third-order valence-corrected chi connectivity index (χ3v) is 2.47. The number of fused-ring (bicyclic) bond motifs is 1. The Bertz CT molecular complexity index is 370. The zero-order valence-electron chi connectivity index (χ0n) is 7.82. The molecule has 0 atom stereocenters. The lowest BCUT2D eigenvalue weighted by Crippen LogP contribution is -2.21. The molecule has 1 aromatic rings. The molecule has 1 amide bonds. The van der Waals surface area contributed by atoms with Gasteiger partial charge in [-0.3, -0.25) is 4.79 Å². The Morgan fingerprint density at radius 3 is 3.07 bits per heavy atom. The molecule has 0 spiro atoms. The average molecular weight is 195 g/mol. The number of hydrogen-bond acceptors (Lipinski definition) is 3. The van der Waals surface area contributed by atoms with Gasteiger partial charge in [0, 0.05) is 18.8 Å². The van der Waals surface area contributed by atoms with Gasteiger partial charge in [-0.2, -0.15) is 0 Å². The maximum absolute atomic E-state index is 11.1. The van der Waals surface area contributed by atoms with Crippen LogP contribution in [0.3, 0.4) is 0 Å². The van der Waals surface area contributed by atoms with E-state index < -0.39 is 5.91 Å². The first kappa shape index (κ1) is 9.23. The van der Waals surface area contributed by atoms with Gasteiger partial charge in [-0.15, -0.1) is 0 Å². The SMILES string of the molecule is NCc1cc(C(N)=O)c2n1CCOC2. The predicted molar refractivity (Wildman–Crippen MR) is 50.5 cm³/mol. The van der Waals surface area contributed by atoms with Crippen molar-refractivity contribution in [1.29, 1.82) is 0 Å². The Morgan fingerprint density at radius 1 is 1.64 bits per heavy atom. The molecule has 5 nitrogen and oxygen atoms in total. The number of carbonyl (C=O) groups is 1. The van der Waals surface area contributed by atoms with Crippen LogP contribution >= 0.6 is 0 Å². The van der Waals surface area contributed by atoms with Crippen LogP contribution in [0.25, 0.3) is 0 Å². The fourth-order valence-corrected chi connectivity index (χ4v) is 1.79. The van der Waals surface area contributed by atoms with Gasteiger partial charge < -0.3 is 20.8 Å². The van der Waals surface area contributed by atoms with E-state index in [0.717, 1.165) is 17.9 Å². The highest BCUT2D eigenvalue weighted by atomic mass is 16.5. The standard InChI is InChI=1S/C9H13N3O2/c10-4-6-3-7(9(11)13)8-5-14-2-1-12(6)8/h3H,1-2,4-5,10H2,(H2,11,13). The molecule has 0 saturated carbocycles. The first-order valence-electron chi connectivity index (χ1n) is 4.53. The molecule has 0 aliphatic carbocycles. The number of nitrogens with zero attached hydrogens (tertiary/aromatic N) is 1. The highest BCUT2D eigenvalue weighted by molar-refractivity contribution is 5.94. The Morgan fingerprint density at radius 2 is 2.43 bits per heavy atom. The summed E-state index contributed by atoms with van der Waals surface area (Å²) in [5.41, 5.74) is 13.2. The lowest BCUT2D eigenvalue weighted by atomic mass is 10.2. The molecule has 1 aliphatic rings. The van der Waals surface area contributed by atoms with Gasteiger partial charge >= 0.3 is 0 Å². The third kappa shape index (κ3) is 1.30. The van der Waals surface area contributed by atoms with Gasteiger partial charge in [0.15, 0.2) is 0 Å². The lowest BCUT2D eigenvalue weighted by Gasteiger charge is -2.18. The Kier molecular flexibility index (Phi) is 2.26. The molecule has 0 fully saturated rings. The van der Waals surface area contributed by atoms with Gasteiger partial charge in [-0.25, -0.2) is 0 Å². The van der Waals surface area contributed by atoms with E-state index in [1.54, 1.807) is 6.07 Å². The zero-order chi connectivity index (χ0) is 10.1. The monoisotopic (exact) mass is 195 g/mol. The molecule has 76 valence electrons. The number of rotatable bonds is 2. The van der Waals surface area contributed by atoms with Crippen molar-refractivity contribution in [3.63, 3.8) is 0 Å². The molecule has 0 aromatic carbocycles. The summed E-state index contributed by atoms with van der Waals surface area (Å²) in [4.78, 5) is 11.1. The summed E-state index contributed by atoms with van der Waals surface area (Å²) in [6.45, 7) is 2.26. The van der Waals surface area contributed by atoms with E-state index >= 15 is 0 Å². The topological polar surface area (TPSA) is 83.3 Å². The summed E-state index contributed by atoms with van der Waals surface area (Å²) in [5, 5.41) is 0. The summed E-state index contributed by atoms with van der Waals surface area (Å²) >= 11 is 0. The molecule has 1 aliphatic heterocycles. The van der Waals surface area contributed by atoms with E-state index in [2.05, 4.69) is 0 Å². The van der Waals surface area contributed by atoms with Gasteiger partial charge in [0.2, 0.25) is 0 Å². The van der Waals surface area contributed by atoms with Crippen molar-refractivity contribution in [3.05, 3.63) is 23.0 Å². The Labute approximate surface area is 81.6 Å². The van der Waals surface area contributed by atoms with Crippen LogP contribution < -0.4 is 11.5 Å². The van der Waals surface area contributed by atoms with Gasteiger partial charge in [0.1, 0.15) is 0 Å². The van der Waals surface area contributed by atoms with Crippen LogP contribution in [-0.2, 0) is 24.4 Å². The van der Waals surface area contributed by atoms with Crippen LogP contribution in [0.5, 0.6) is 0 Å². The third-order valence-electron chi connectivity index (χ3n) is 2.47. The van der Waals surface area contributed by atoms with E-state index in [-0.39, 0.29) is 0 Å². The molecule has 0 saturated heterocycles. The minimum atomic E-state index is -0.418. The molecule has 1 aromatic heterocycles. The predicted octanol–water partition coefficient (Wildman–Crippen LogP) is -0.424. The zero-order valence-corrected chi connectivity index (χ0v) is 7.82. The highest BCUT2D eigenvalue weighted by Crippen LogP contribution is 2.19. The van der Waals surface area contributed by atoms with E-state index in [0.29, 0.717) is 25.3 Å². The average Bonchev–Trinajstić information content (AvgIpc) is 2.56. The summed E-state index contributed by atoms with van der Waals surface area (Å²) in [7, 11) is 0. The molecule has 0 unspecified atom stereocenters. The van der Waals surface area contributed by atoms with Crippen molar-refractivity contribution in [2.45, 2.75) is 19.7 Å².